The molecule has 0 unspecified atom stereocenters. The van der Waals surface area contributed by atoms with Crippen molar-refractivity contribution in [1.29, 1.82) is 0 Å². The van der Waals surface area contributed by atoms with Gasteiger partial charge in [0.1, 0.15) is 0 Å². The Morgan fingerprint density at radius 1 is 1.38 bits per heavy atom. The van der Waals surface area contributed by atoms with E-state index >= 15 is 0 Å². The van der Waals surface area contributed by atoms with Crippen molar-refractivity contribution in [2.45, 2.75) is 25.4 Å². The molecule has 0 bridgehead atoms. The van der Waals surface area contributed by atoms with Crippen molar-refractivity contribution in [3.8, 4) is 0 Å². The number of benzene rings is 1. The molecule has 0 radical (unpaired) electrons. The minimum absolute atomic E-state index is 0.0728. The van der Waals surface area contributed by atoms with Crippen LogP contribution in [0.5, 0.6) is 0 Å². The molecule has 0 atom stereocenters. The number of alkyl halides is 3. The van der Waals surface area contributed by atoms with Crippen LogP contribution < -0.4 is 5.32 Å². The molecule has 0 heterocycles. The number of carbonyl (C=O) groups is 1. The zero-order chi connectivity index (χ0) is 15.5. The fraction of sp³-hybridized carbons (Fsp3) is 0.533. The van der Waals surface area contributed by atoms with Crippen LogP contribution in [0.15, 0.2) is 24.3 Å². The highest BCUT2D eigenvalue weighted by Gasteiger charge is 2.49. The predicted molar refractivity (Wildman–Crippen MR) is 71.7 cm³/mol. The summed E-state index contributed by atoms with van der Waals surface area (Å²) >= 11 is 0. The number of hydrogen-bond donors (Lipinski definition) is 1. The van der Waals surface area contributed by atoms with Crippen molar-refractivity contribution >= 4 is 5.91 Å². The van der Waals surface area contributed by atoms with Crippen molar-refractivity contribution in [3.63, 3.8) is 0 Å². The van der Waals surface area contributed by atoms with Gasteiger partial charge in [0.05, 0.1) is 17.6 Å². The zero-order valence-electron chi connectivity index (χ0n) is 11.8. The predicted octanol–water partition coefficient (Wildman–Crippen LogP) is 2.79. The van der Waals surface area contributed by atoms with E-state index in [0.717, 1.165) is 25.0 Å². The van der Waals surface area contributed by atoms with Gasteiger partial charge in [-0.05, 0) is 30.9 Å². The fourth-order valence-electron chi connectivity index (χ4n) is 2.28. The third-order valence-corrected chi connectivity index (χ3v) is 3.71. The van der Waals surface area contributed by atoms with Gasteiger partial charge in [0.15, 0.2) is 0 Å². The average Bonchev–Trinajstić information content (AvgIpc) is 3.19. The van der Waals surface area contributed by atoms with Crippen molar-refractivity contribution in [2.75, 3.05) is 20.3 Å². The highest BCUT2D eigenvalue weighted by molar-refractivity contribution is 5.85. The van der Waals surface area contributed by atoms with Crippen LogP contribution in [0.4, 0.5) is 13.2 Å². The summed E-state index contributed by atoms with van der Waals surface area (Å²) in [6.07, 6.45) is -2.36. The molecule has 2 rings (SSSR count). The second-order valence-electron chi connectivity index (χ2n) is 5.42. The van der Waals surface area contributed by atoms with Crippen molar-refractivity contribution < 1.29 is 22.7 Å². The molecule has 0 aromatic heterocycles. The van der Waals surface area contributed by atoms with Crippen LogP contribution in [0.25, 0.3) is 0 Å². The number of ether oxygens (including phenoxy) is 1. The van der Waals surface area contributed by atoms with Gasteiger partial charge < -0.3 is 10.1 Å². The number of hydrogen-bond acceptors (Lipinski definition) is 2. The Bertz CT molecular complexity index is 510. The number of methoxy groups -OCH3 is 1. The van der Waals surface area contributed by atoms with Crippen LogP contribution in [-0.2, 0) is 22.1 Å². The van der Waals surface area contributed by atoms with Crippen LogP contribution in [0.1, 0.15) is 24.0 Å². The zero-order valence-corrected chi connectivity index (χ0v) is 11.8. The molecule has 6 heteroatoms. The van der Waals surface area contributed by atoms with Crippen LogP contribution in [0.3, 0.4) is 0 Å². The first-order valence-corrected chi connectivity index (χ1v) is 6.81. The standard InChI is InChI=1S/C15H18F3NO2/c1-21-10-14(6-7-14)13(20)19-8-5-11-3-2-4-12(9-11)15(16,17)18/h2-4,9H,5-8,10H2,1H3,(H,19,20). The number of carbonyl (C=O) groups excluding carboxylic acids is 1. The summed E-state index contributed by atoms with van der Waals surface area (Å²) in [5, 5.41) is 2.78. The molecule has 0 aliphatic heterocycles. The Hall–Kier alpha value is -1.56. The summed E-state index contributed by atoms with van der Waals surface area (Å²) in [6.45, 7) is 0.716. The van der Waals surface area contributed by atoms with Crippen molar-refractivity contribution in [3.05, 3.63) is 35.4 Å². The largest absolute Gasteiger partial charge is 0.416 e. The molecule has 0 spiro atoms. The normalized spacial score (nSPS) is 16.6. The molecule has 1 N–H and O–H groups in total. The van der Waals surface area contributed by atoms with Gasteiger partial charge in [-0.3, -0.25) is 4.79 Å². The Morgan fingerprint density at radius 3 is 2.67 bits per heavy atom. The first kappa shape index (κ1) is 15.8. The number of halogens is 3. The lowest BCUT2D eigenvalue weighted by molar-refractivity contribution is -0.137. The smallest absolute Gasteiger partial charge is 0.384 e. The molecule has 3 nitrogen and oxygen atoms in total. The average molecular weight is 301 g/mol. The molecule has 1 amide bonds. The molecule has 1 fully saturated rings. The SMILES string of the molecule is COCC1(C(=O)NCCc2cccc(C(F)(F)F)c2)CC1. The third kappa shape index (κ3) is 3.97. The van der Waals surface area contributed by atoms with Gasteiger partial charge in [-0.2, -0.15) is 13.2 Å². The van der Waals surface area contributed by atoms with E-state index in [1.54, 1.807) is 13.2 Å². The Balaban J connectivity index is 1.85. The molecule has 1 aromatic rings. The fourth-order valence-corrected chi connectivity index (χ4v) is 2.28. The summed E-state index contributed by atoms with van der Waals surface area (Å²) in [4.78, 5) is 12.0. The van der Waals surface area contributed by atoms with E-state index in [9.17, 15) is 18.0 Å². The van der Waals surface area contributed by atoms with E-state index < -0.39 is 17.2 Å². The highest BCUT2D eigenvalue weighted by atomic mass is 19.4. The molecule has 1 aliphatic rings. The minimum Gasteiger partial charge on any atom is -0.384 e. The first-order valence-electron chi connectivity index (χ1n) is 6.81. The van der Waals surface area contributed by atoms with Gasteiger partial charge in [0.2, 0.25) is 5.91 Å². The molecule has 0 saturated heterocycles. The maximum atomic E-state index is 12.6. The second kappa shape index (κ2) is 6.05. The van der Waals surface area contributed by atoms with E-state index in [4.69, 9.17) is 4.74 Å². The van der Waals surface area contributed by atoms with Crippen molar-refractivity contribution in [1.82, 2.24) is 5.32 Å². The molecule has 1 aromatic carbocycles. The molecular weight excluding hydrogens is 283 g/mol. The Kier molecular flexibility index (Phi) is 4.56. The van der Waals surface area contributed by atoms with Gasteiger partial charge in [0.25, 0.3) is 0 Å². The molecular formula is C15H18F3NO2. The third-order valence-electron chi connectivity index (χ3n) is 3.71. The number of nitrogens with one attached hydrogen (secondary N) is 1. The maximum Gasteiger partial charge on any atom is 0.416 e. The topological polar surface area (TPSA) is 38.3 Å². The van der Waals surface area contributed by atoms with E-state index in [0.29, 0.717) is 25.1 Å². The summed E-state index contributed by atoms with van der Waals surface area (Å²) in [5.74, 6) is -0.0728. The van der Waals surface area contributed by atoms with E-state index in [2.05, 4.69) is 5.32 Å². The number of amides is 1. The molecule has 21 heavy (non-hydrogen) atoms. The Morgan fingerprint density at radius 2 is 2.10 bits per heavy atom. The van der Waals surface area contributed by atoms with Crippen LogP contribution >= 0.6 is 0 Å². The second-order valence-corrected chi connectivity index (χ2v) is 5.42. The quantitative estimate of drug-likeness (QED) is 0.877. The number of rotatable bonds is 6. The van der Waals surface area contributed by atoms with Gasteiger partial charge in [0, 0.05) is 13.7 Å². The van der Waals surface area contributed by atoms with Crippen molar-refractivity contribution in [2.24, 2.45) is 5.41 Å². The van der Waals surface area contributed by atoms with Gasteiger partial charge >= 0.3 is 6.18 Å². The Labute approximate surface area is 121 Å². The molecule has 116 valence electrons. The van der Waals surface area contributed by atoms with E-state index in [-0.39, 0.29) is 5.91 Å². The first-order chi connectivity index (χ1) is 9.87. The summed E-state index contributed by atoms with van der Waals surface area (Å²) in [7, 11) is 1.55. The molecule has 1 aliphatic carbocycles. The van der Waals surface area contributed by atoms with Crippen LogP contribution in [0.2, 0.25) is 0 Å². The van der Waals surface area contributed by atoms with Crippen LogP contribution in [-0.4, -0.2) is 26.2 Å². The summed E-state index contributed by atoms with van der Waals surface area (Å²) < 4.78 is 42.8. The lowest BCUT2D eigenvalue weighted by Crippen LogP contribution is -2.35. The molecule has 1 saturated carbocycles. The van der Waals surface area contributed by atoms with E-state index in [1.807, 2.05) is 0 Å². The van der Waals surface area contributed by atoms with Gasteiger partial charge in [-0.1, -0.05) is 18.2 Å². The lowest BCUT2D eigenvalue weighted by atomic mass is 10.1. The van der Waals surface area contributed by atoms with Crippen LogP contribution in [0, 0.1) is 5.41 Å². The minimum atomic E-state index is -4.34. The van der Waals surface area contributed by atoms with Gasteiger partial charge in [-0.15, -0.1) is 0 Å². The highest BCUT2D eigenvalue weighted by Crippen LogP contribution is 2.45. The lowest BCUT2D eigenvalue weighted by Gasteiger charge is -2.14. The summed E-state index contributed by atoms with van der Waals surface area (Å²) in [5.41, 5.74) is -0.520. The maximum absolute atomic E-state index is 12.6. The summed E-state index contributed by atoms with van der Waals surface area (Å²) in [6, 6.07) is 5.17. The monoisotopic (exact) mass is 301 g/mol. The van der Waals surface area contributed by atoms with E-state index in [1.165, 1.54) is 6.07 Å². The van der Waals surface area contributed by atoms with Gasteiger partial charge in [-0.25, -0.2) is 0 Å².